The van der Waals surface area contributed by atoms with Crippen molar-refractivity contribution < 1.29 is 14.3 Å². The van der Waals surface area contributed by atoms with E-state index in [4.69, 9.17) is 4.74 Å². The van der Waals surface area contributed by atoms with Crippen LogP contribution in [0.4, 0.5) is 5.69 Å². The van der Waals surface area contributed by atoms with Crippen LogP contribution in [-0.2, 0) is 9.53 Å². The standard InChI is InChI=1S/C21H18N2O3/c1-2-26-21(25)17(14-22)19-13-12-15-8-6-7-11-18(15)23(19)20(24)16-9-4-3-5-10-16/h3-13,17,19H,2H2,1H3/t17-,19+/m0/s1. The van der Waals surface area contributed by atoms with Crippen molar-refractivity contribution in [2.75, 3.05) is 11.5 Å². The normalized spacial score (nSPS) is 16.3. The third-order valence-electron chi connectivity index (χ3n) is 4.23. The van der Waals surface area contributed by atoms with Crippen LogP contribution in [-0.4, -0.2) is 24.5 Å². The lowest BCUT2D eigenvalue weighted by Crippen LogP contribution is -2.47. The first kappa shape index (κ1) is 17.4. The Morgan fingerprint density at radius 2 is 1.85 bits per heavy atom. The molecule has 1 heterocycles. The van der Waals surface area contributed by atoms with Crippen molar-refractivity contribution in [3.63, 3.8) is 0 Å². The van der Waals surface area contributed by atoms with Crippen LogP contribution in [0.25, 0.3) is 6.08 Å². The van der Waals surface area contributed by atoms with Gasteiger partial charge in [0.1, 0.15) is 0 Å². The van der Waals surface area contributed by atoms with Gasteiger partial charge in [-0.1, -0.05) is 48.6 Å². The second kappa shape index (κ2) is 7.66. The highest BCUT2D eigenvalue weighted by atomic mass is 16.5. The fourth-order valence-electron chi connectivity index (χ4n) is 3.02. The molecule has 0 N–H and O–H groups in total. The maximum Gasteiger partial charge on any atom is 0.325 e. The minimum absolute atomic E-state index is 0.177. The predicted molar refractivity (Wildman–Crippen MR) is 98.3 cm³/mol. The van der Waals surface area contributed by atoms with Crippen LogP contribution in [0.15, 0.2) is 60.7 Å². The Kier molecular flexibility index (Phi) is 5.14. The molecule has 1 aliphatic rings. The molecule has 0 saturated heterocycles. The van der Waals surface area contributed by atoms with Crippen LogP contribution in [0, 0.1) is 17.2 Å². The predicted octanol–water partition coefficient (Wildman–Crippen LogP) is 3.43. The number of esters is 1. The number of nitrogens with zero attached hydrogens (tertiary/aromatic N) is 2. The van der Waals surface area contributed by atoms with Gasteiger partial charge in [-0.2, -0.15) is 5.26 Å². The number of ether oxygens (including phenoxy) is 1. The first-order valence-electron chi connectivity index (χ1n) is 8.39. The molecule has 0 fully saturated rings. The Morgan fingerprint density at radius 1 is 1.15 bits per heavy atom. The van der Waals surface area contributed by atoms with E-state index in [1.807, 2.05) is 42.5 Å². The molecule has 2 aromatic rings. The molecule has 0 unspecified atom stereocenters. The fraction of sp³-hybridized carbons (Fsp3) is 0.190. The van der Waals surface area contributed by atoms with Crippen LogP contribution < -0.4 is 4.90 Å². The molecule has 0 aromatic heterocycles. The summed E-state index contributed by atoms with van der Waals surface area (Å²) in [6.45, 7) is 1.86. The van der Waals surface area contributed by atoms with Gasteiger partial charge < -0.3 is 4.74 Å². The summed E-state index contributed by atoms with van der Waals surface area (Å²) in [5.74, 6) is -2.00. The van der Waals surface area contributed by atoms with Crippen LogP contribution in [0.1, 0.15) is 22.8 Å². The van der Waals surface area contributed by atoms with E-state index in [-0.39, 0.29) is 12.5 Å². The van der Waals surface area contributed by atoms with E-state index < -0.39 is 17.9 Å². The maximum absolute atomic E-state index is 13.2. The number of rotatable bonds is 4. The average Bonchev–Trinajstić information content (AvgIpc) is 2.68. The first-order chi connectivity index (χ1) is 12.7. The number of para-hydroxylation sites is 1. The molecule has 0 bridgehead atoms. The van der Waals surface area contributed by atoms with Crippen LogP contribution in [0.2, 0.25) is 0 Å². The zero-order chi connectivity index (χ0) is 18.5. The summed E-state index contributed by atoms with van der Waals surface area (Å²) >= 11 is 0. The minimum Gasteiger partial charge on any atom is -0.465 e. The molecule has 1 amide bonds. The highest BCUT2D eigenvalue weighted by molar-refractivity contribution is 6.09. The Balaban J connectivity index is 2.07. The van der Waals surface area contributed by atoms with Gasteiger partial charge in [-0.15, -0.1) is 0 Å². The molecular formula is C21H18N2O3. The van der Waals surface area contributed by atoms with E-state index in [1.54, 1.807) is 37.3 Å². The van der Waals surface area contributed by atoms with Gasteiger partial charge in [0.15, 0.2) is 5.92 Å². The third-order valence-corrected chi connectivity index (χ3v) is 4.23. The van der Waals surface area contributed by atoms with Crippen molar-refractivity contribution in [1.82, 2.24) is 0 Å². The van der Waals surface area contributed by atoms with Gasteiger partial charge in [-0.3, -0.25) is 14.5 Å². The molecule has 3 rings (SSSR count). The number of fused-ring (bicyclic) bond motifs is 1. The van der Waals surface area contributed by atoms with Gasteiger partial charge in [-0.25, -0.2) is 0 Å². The van der Waals surface area contributed by atoms with Crippen LogP contribution in [0.5, 0.6) is 0 Å². The summed E-state index contributed by atoms with van der Waals surface area (Å²) in [5, 5.41) is 9.57. The van der Waals surface area contributed by atoms with E-state index in [0.29, 0.717) is 11.3 Å². The molecule has 130 valence electrons. The second-order valence-electron chi connectivity index (χ2n) is 5.81. The van der Waals surface area contributed by atoms with Gasteiger partial charge in [0, 0.05) is 5.56 Å². The molecule has 5 nitrogen and oxygen atoms in total. The number of hydrogen-bond donors (Lipinski definition) is 0. The first-order valence-corrected chi connectivity index (χ1v) is 8.39. The SMILES string of the molecule is CCOC(=O)[C@@H](C#N)[C@H]1C=Cc2ccccc2N1C(=O)c1ccccc1. The monoisotopic (exact) mass is 346 g/mol. The lowest BCUT2D eigenvalue weighted by Gasteiger charge is -2.35. The van der Waals surface area contributed by atoms with Crippen LogP contribution in [0.3, 0.4) is 0 Å². The smallest absolute Gasteiger partial charge is 0.325 e. The number of nitriles is 1. The number of hydrogen-bond acceptors (Lipinski definition) is 4. The highest BCUT2D eigenvalue weighted by Gasteiger charge is 2.38. The Labute approximate surface area is 152 Å². The van der Waals surface area contributed by atoms with Crippen molar-refractivity contribution in [3.05, 3.63) is 71.8 Å². The minimum atomic E-state index is -1.10. The number of benzene rings is 2. The van der Waals surface area contributed by atoms with E-state index in [2.05, 4.69) is 0 Å². The van der Waals surface area contributed by atoms with E-state index in [0.717, 1.165) is 5.56 Å². The molecule has 1 aliphatic heterocycles. The molecule has 0 spiro atoms. The third kappa shape index (κ3) is 3.22. The lowest BCUT2D eigenvalue weighted by molar-refractivity contribution is -0.146. The van der Waals surface area contributed by atoms with Gasteiger partial charge in [0.25, 0.3) is 5.91 Å². The largest absolute Gasteiger partial charge is 0.465 e. The van der Waals surface area contributed by atoms with Crippen molar-refractivity contribution in [2.24, 2.45) is 5.92 Å². The molecule has 0 radical (unpaired) electrons. The quantitative estimate of drug-likeness (QED) is 0.795. The Bertz CT molecular complexity index is 884. The molecule has 2 atom stereocenters. The molecule has 0 aliphatic carbocycles. The summed E-state index contributed by atoms with van der Waals surface area (Å²) in [4.78, 5) is 27.0. The van der Waals surface area contributed by atoms with Gasteiger partial charge >= 0.3 is 5.97 Å². The zero-order valence-corrected chi connectivity index (χ0v) is 14.3. The van der Waals surface area contributed by atoms with E-state index >= 15 is 0 Å². The van der Waals surface area contributed by atoms with Gasteiger partial charge in [0.05, 0.1) is 24.4 Å². The fourth-order valence-corrected chi connectivity index (χ4v) is 3.02. The second-order valence-corrected chi connectivity index (χ2v) is 5.81. The number of amides is 1. The number of carbonyl (C=O) groups excluding carboxylic acids is 2. The number of anilines is 1. The average molecular weight is 346 g/mol. The summed E-state index contributed by atoms with van der Waals surface area (Å²) in [6, 6.07) is 17.5. The summed E-state index contributed by atoms with van der Waals surface area (Å²) in [6.07, 6.45) is 3.55. The molecule has 0 saturated carbocycles. The lowest BCUT2D eigenvalue weighted by atomic mass is 9.92. The van der Waals surface area contributed by atoms with Crippen molar-refractivity contribution in [1.29, 1.82) is 5.26 Å². The molecule has 5 heteroatoms. The Hall–Kier alpha value is -3.39. The topological polar surface area (TPSA) is 70.4 Å². The molecular weight excluding hydrogens is 328 g/mol. The van der Waals surface area contributed by atoms with Crippen molar-refractivity contribution in [2.45, 2.75) is 13.0 Å². The van der Waals surface area contributed by atoms with Crippen molar-refractivity contribution >= 4 is 23.6 Å². The van der Waals surface area contributed by atoms with Crippen LogP contribution >= 0.6 is 0 Å². The van der Waals surface area contributed by atoms with Gasteiger partial charge in [0.2, 0.25) is 0 Å². The van der Waals surface area contributed by atoms with E-state index in [1.165, 1.54) is 4.90 Å². The molecule has 26 heavy (non-hydrogen) atoms. The maximum atomic E-state index is 13.2. The van der Waals surface area contributed by atoms with E-state index in [9.17, 15) is 14.9 Å². The Morgan fingerprint density at radius 3 is 2.54 bits per heavy atom. The zero-order valence-electron chi connectivity index (χ0n) is 14.3. The van der Waals surface area contributed by atoms with Crippen molar-refractivity contribution in [3.8, 4) is 6.07 Å². The summed E-state index contributed by atoms with van der Waals surface area (Å²) in [7, 11) is 0. The highest BCUT2D eigenvalue weighted by Crippen LogP contribution is 2.33. The summed E-state index contributed by atoms with van der Waals surface area (Å²) < 4.78 is 5.04. The summed E-state index contributed by atoms with van der Waals surface area (Å²) in [5.41, 5.74) is 2.01. The number of carbonyl (C=O) groups is 2. The molecule has 2 aromatic carbocycles. The van der Waals surface area contributed by atoms with Gasteiger partial charge in [-0.05, 0) is 30.7 Å².